The largest absolute Gasteiger partial charge is 0.461 e. The summed E-state index contributed by atoms with van der Waals surface area (Å²) in [5, 5.41) is 4.42. The third-order valence-corrected chi connectivity index (χ3v) is 4.26. The molecule has 0 aromatic carbocycles. The standard InChI is InChI=1S/C17H19N5O/c1-12-14(9-21(2)20-12)11-22-6-5-15-13(10-22)8-18-17(19-15)16-4-3-7-23-16/h3-4,7-9H,5-6,10-11H2,1-2H3. The molecule has 0 saturated carbocycles. The van der Waals surface area contributed by atoms with Crippen molar-refractivity contribution in [1.82, 2.24) is 24.6 Å². The third kappa shape index (κ3) is 2.77. The summed E-state index contributed by atoms with van der Waals surface area (Å²) in [7, 11) is 1.96. The van der Waals surface area contributed by atoms with Crippen LogP contribution in [0.15, 0.2) is 35.2 Å². The van der Waals surface area contributed by atoms with Gasteiger partial charge >= 0.3 is 0 Å². The van der Waals surface area contributed by atoms with E-state index in [0.717, 1.165) is 43.2 Å². The molecule has 1 aliphatic rings. The summed E-state index contributed by atoms with van der Waals surface area (Å²) in [5.41, 5.74) is 4.71. The third-order valence-electron chi connectivity index (χ3n) is 4.26. The lowest BCUT2D eigenvalue weighted by molar-refractivity contribution is 0.242. The summed E-state index contributed by atoms with van der Waals surface area (Å²) in [6.07, 6.45) is 6.62. The Hall–Kier alpha value is -2.47. The minimum Gasteiger partial charge on any atom is -0.461 e. The van der Waals surface area contributed by atoms with Crippen molar-refractivity contribution in [1.29, 1.82) is 0 Å². The van der Waals surface area contributed by atoms with Crippen molar-refractivity contribution in [2.75, 3.05) is 6.54 Å². The van der Waals surface area contributed by atoms with Gasteiger partial charge in [0.15, 0.2) is 11.6 Å². The molecule has 0 fully saturated rings. The summed E-state index contributed by atoms with van der Waals surface area (Å²) >= 11 is 0. The molecule has 0 aliphatic carbocycles. The fourth-order valence-electron chi connectivity index (χ4n) is 3.08. The van der Waals surface area contributed by atoms with Crippen LogP contribution in [0.2, 0.25) is 0 Å². The molecule has 23 heavy (non-hydrogen) atoms. The molecule has 0 amide bonds. The fourth-order valence-corrected chi connectivity index (χ4v) is 3.08. The topological polar surface area (TPSA) is 60.0 Å². The Labute approximate surface area is 134 Å². The Morgan fingerprint density at radius 1 is 1.35 bits per heavy atom. The molecule has 0 radical (unpaired) electrons. The van der Waals surface area contributed by atoms with Crippen LogP contribution in [0.3, 0.4) is 0 Å². The van der Waals surface area contributed by atoms with Gasteiger partial charge in [-0.15, -0.1) is 0 Å². The lowest BCUT2D eigenvalue weighted by atomic mass is 10.1. The van der Waals surface area contributed by atoms with Crippen LogP contribution in [-0.2, 0) is 26.6 Å². The van der Waals surface area contributed by atoms with Crippen molar-refractivity contribution >= 4 is 0 Å². The van der Waals surface area contributed by atoms with Crippen molar-refractivity contribution in [3.05, 3.63) is 53.3 Å². The van der Waals surface area contributed by atoms with Crippen LogP contribution in [0.1, 0.15) is 22.5 Å². The van der Waals surface area contributed by atoms with E-state index in [9.17, 15) is 0 Å². The Bertz CT molecular complexity index is 822. The molecule has 4 rings (SSSR count). The molecule has 0 bridgehead atoms. The molecular formula is C17H19N5O. The van der Waals surface area contributed by atoms with Crippen molar-refractivity contribution in [3.63, 3.8) is 0 Å². The maximum absolute atomic E-state index is 5.38. The second kappa shape index (κ2) is 5.62. The van der Waals surface area contributed by atoms with Gasteiger partial charge in [-0.2, -0.15) is 5.10 Å². The van der Waals surface area contributed by atoms with Gasteiger partial charge in [0.2, 0.25) is 0 Å². The zero-order valence-electron chi connectivity index (χ0n) is 13.4. The number of aromatic nitrogens is 4. The minimum atomic E-state index is 0.672. The molecule has 0 spiro atoms. The molecule has 6 nitrogen and oxygen atoms in total. The maximum atomic E-state index is 5.38. The number of nitrogens with zero attached hydrogens (tertiary/aromatic N) is 5. The van der Waals surface area contributed by atoms with E-state index in [-0.39, 0.29) is 0 Å². The van der Waals surface area contributed by atoms with E-state index in [1.807, 2.05) is 30.1 Å². The fraction of sp³-hybridized carbons (Fsp3) is 0.353. The van der Waals surface area contributed by atoms with E-state index in [0.29, 0.717) is 5.82 Å². The first-order valence-electron chi connectivity index (χ1n) is 7.79. The van der Waals surface area contributed by atoms with Crippen LogP contribution in [0.4, 0.5) is 0 Å². The molecule has 118 valence electrons. The second-order valence-electron chi connectivity index (χ2n) is 6.02. The van der Waals surface area contributed by atoms with Gasteiger partial charge in [-0.3, -0.25) is 9.58 Å². The molecule has 0 N–H and O–H groups in total. The van der Waals surface area contributed by atoms with Gasteiger partial charge in [0, 0.05) is 56.6 Å². The van der Waals surface area contributed by atoms with Gasteiger partial charge in [0.05, 0.1) is 17.7 Å². The highest BCUT2D eigenvalue weighted by atomic mass is 16.3. The first kappa shape index (κ1) is 14.1. The van der Waals surface area contributed by atoms with Crippen molar-refractivity contribution < 1.29 is 4.42 Å². The lowest BCUT2D eigenvalue weighted by Crippen LogP contribution is -2.31. The number of fused-ring (bicyclic) bond motifs is 1. The minimum absolute atomic E-state index is 0.672. The Kier molecular flexibility index (Phi) is 3.46. The lowest BCUT2D eigenvalue weighted by Gasteiger charge is -2.27. The van der Waals surface area contributed by atoms with Gasteiger partial charge in [-0.25, -0.2) is 9.97 Å². The average Bonchev–Trinajstić information content (AvgIpc) is 3.17. The Morgan fingerprint density at radius 2 is 2.26 bits per heavy atom. The maximum Gasteiger partial charge on any atom is 0.195 e. The zero-order valence-corrected chi connectivity index (χ0v) is 13.4. The normalized spacial score (nSPS) is 14.9. The summed E-state index contributed by atoms with van der Waals surface area (Å²) in [5.74, 6) is 1.39. The predicted octanol–water partition coefficient (Wildman–Crippen LogP) is 2.34. The average molecular weight is 309 g/mol. The van der Waals surface area contributed by atoms with Crippen molar-refractivity contribution in [2.45, 2.75) is 26.4 Å². The monoisotopic (exact) mass is 309 g/mol. The summed E-state index contributed by atoms with van der Waals surface area (Å²) in [4.78, 5) is 11.5. The molecule has 6 heteroatoms. The van der Waals surface area contributed by atoms with Crippen LogP contribution in [0, 0.1) is 6.92 Å². The van der Waals surface area contributed by atoms with E-state index in [2.05, 4.69) is 33.1 Å². The summed E-state index contributed by atoms with van der Waals surface area (Å²) < 4.78 is 7.26. The second-order valence-corrected chi connectivity index (χ2v) is 6.02. The molecule has 0 saturated heterocycles. The van der Waals surface area contributed by atoms with Gasteiger partial charge < -0.3 is 4.42 Å². The Balaban J connectivity index is 1.52. The summed E-state index contributed by atoms with van der Waals surface area (Å²) in [6.45, 7) is 4.85. The first-order valence-corrected chi connectivity index (χ1v) is 7.79. The number of hydrogen-bond donors (Lipinski definition) is 0. The van der Waals surface area contributed by atoms with Crippen molar-refractivity contribution in [3.8, 4) is 11.6 Å². The van der Waals surface area contributed by atoms with E-state index in [1.54, 1.807) is 6.26 Å². The molecule has 1 aliphatic heterocycles. The number of aryl methyl sites for hydroxylation is 2. The molecule has 0 unspecified atom stereocenters. The van der Waals surface area contributed by atoms with Crippen LogP contribution in [-0.4, -0.2) is 31.2 Å². The van der Waals surface area contributed by atoms with Gasteiger partial charge in [0.25, 0.3) is 0 Å². The first-order chi connectivity index (χ1) is 11.2. The number of rotatable bonds is 3. The van der Waals surface area contributed by atoms with E-state index < -0.39 is 0 Å². The summed E-state index contributed by atoms with van der Waals surface area (Å²) in [6, 6.07) is 3.75. The highest BCUT2D eigenvalue weighted by molar-refractivity contribution is 5.46. The van der Waals surface area contributed by atoms with Crippen LogP contribution >= 0.6 is 0 Å². The Morgan fingerprint density at radius 3 is 3.00 bits per heavy atom. The SMILES string of the molecule is Cc1nn(C)cc1CN1CCc2nc(-c3ccco3)ncc2C1. The molecule has 4 heterocycles. The molecule has 0 atom stereocenters. The van der Waals surface area contributed by atoms with E-state index >= 15 is 0 Å². The number of furan rings is 1. The smallest absolute Gasteiger partial charge is 0.195 e. The zero-order chi connectivity index (χ0) is 15.8. The highest BCUT2D eigenvalue weighted by Crippen LogP contribution is 2.22. The molecular weight excluding hydrogens is 290 g/mol. The van der Waals surface area contributed by atoms with E-state index in [4.69, 9.17) is 4.42 Å². The van der Waals surface area contributed by atoms with Crippen LogP contribution in [0.5, 0.6) is 0 Å². The van der Waals surface area contributed by atoms with Crippen LogP contribution < -0.4 is 0 Å². The van der Waals surface area contributed by atoms with E-state index in [1.165, 1.54) is 11.1 Å². The number of hydrogen-bond acceptors (Lipinski definition) is 5. The predicted molar refractivity (Wildman–Crippen MR) is 85.5 cm³/mol. The molecule has 3 aromatic heterocycles. The van der Waals surface area contributed by atoms with Crippen molar-refractivity contribution in [2.24, 2.45) is 7.05 Å². The van der Waals surface area contributed by atoms with Gasteiger partial charge in [0.1, 0.15) is 0 Å². The highest BCUT2D eigenvalue weighted by Gasteiger charge is 2.20. The van der Waals surface area contributed by atoms with Crippen LogP contribution in [0.25, 0.3) is 11.6 Å². The van der Waals surface area contributed by atoms with Gasteiger partial charge in [-0.05, 0) is 19.1 Å². The van der Waals surface area contributed by atoms with Gasteiger partial charge in [-0.1, -0.05) is 0 Å². The molecule has 3 aromatic rings. The quantitative estimate of drug-likeness (QED) is 0.743.